The number of pyridine rings is 1. The maximum Gasteiger partial charge on any atom is 0.0854 e. The molecule has 3 nitrogen and oxygen atoms in total. The summed E-state index contributed by atoms with van der Waals surface area (Å²) in [4.78, 5) is 0. The highest BCUT2D eigenvalue weighted by atomic mass is 16.3. The van der Waals surface area contributed by atoms with Gasteiger partial charge in [-0.25, -0.2) is 4.52 Å². The number of hydrogen-bond acceptors (Lipinski definition) is 2. The Kier molecular flexibility index (Phi) is 3.56. The predicted octanol–water partition coefficient (Wildman–Crippen LogP) is 3.58. The highest BCUT2D eigenvalue weighted by molar-refractivity contribution is 5.54. The van der Waals surface area contributed by atoms with E-state index in [4.69, 9.17) is 0 Å². The van der Waals surface area contributed by atoms with Gasteiger partial charge < -0.3 is 5.11 Å². The van der Waals surface area contributed by atoms with E-state index >= 15 is 0 Å². The molecule has 1 saturated carbocycles. The van der Waals surface area contributed by atoms with Crippen LogP contribution in [0.1, 0.15) is 50.7 Å². The number of rotatable bonds is 3. The van der Waals surface area contributed by atoms with E-state index in [9.17, 15) is 5.11 Å². The van der Waals surface area contributed by atoms with Gasteiger partial charge in [0.25, 0.3) is 0 Å². The number of aromatic nitrogens is 2. The van der Waals surface area contributed by atoms with Crippen molar-refractivity contribution in [1.29, 1.82) is 0 Å². The van der Waals surface area contributed by atoms with E-state index in [1.807, 2.05) is 35.1 Å². The summed E-state index contributed by atoms with van der Waals surface area (Å²) in [5.41, 5.74) is 2.02. The maximum absolute atomic E-state index is 10.6. The smallest absolute Gasteiger partial charge is 0.0854 e. The minimum atomic E-state index is -0.363. The maximum atomic E-state index is 10.6. The first-order chi connectivity index (χ1) is 9.29. The molecule has 1 atom stereocenters. The van der Waals surface area contributed by atoms with Crippen molar-refractivity contribution in [2.24, 2.45) is 11.8 Å². The van der Waals surface area contributed by atoms with Gasteiger partial charge in [-0.1, -0.05) is 32.3 Å². The average molecular weight is 258 g/mol. The standard InChI is InChI=1S/C16H22N2O/c1-2-12-6-8-13(9-7-12)16(19)14-11-17-18-10-4-3-5-15(14)18/h3-5,10-13,16,19H,2,6-9H2,1H3. The number of nitrogens with zero attached hydrogens (tertiary/aromatic N) is 2. The minimum absolute atomic E-state index is 0.363. The second-order valence-corrected chi connectivity index (χ2v) is 5.76. The summed E-state index contributed by atoms with van der Waals surface area (Å²) >= 11 is 0. The van der Waals surface area contributed by atoms with Crippen LogP contribution < -0.4 is 0 Å². The Hall–Kier alpha value is -1.35. The van der Waals surface area contributed by atoms with Crippen molar-refractivity contribution in [1.82, 2.24) is 9.61 Å². The quantitative estimate of drug-likeness (QED) is 0.913. The Bertz CT molecular complexity index is 540. The Morgan fingerprint density at radius 1 is 1.32 bits per heavy atom. The summed E-state index contributed by atoms with van der Waals surface area (Å²) in [6.45, 7) is 2.27. The molecule has 0 spiro atoms. The summed E-state index contributed by atoms with van der Waals surface area (Å²) in [5.74, 6) is 1.27. The van der Waals surface area contributed by atoms with Gasteiger partial charge in [0.1, 0.15) is 0 Å². The molecule has 0 bridgehead atoms. The van der Waals surface area contributed by atoms with Gasteiger partial charge >= 0.3 is 0 Å². The number of aliphatic hydroxyl groups is 1. The van der Waals surface area contributed by atoms with Gasteiger partial charge in [-0.2, -0.15) is 5.10 Å². The van der Waals surface area contributed by atoms with Crippen LogP contribution in [-0.4, -0.2) is 14.7 Å². The zero-order valence-corrected chi connectivity index (χ0v) is 11.5. The van der Waals surface area contributed by atoms with Crippen LogP contribution in [0.5, 0.6) is 0 Å². The molecule has 2 aromatic heterocycles. The molecule has 1 aliphatic rings. The molecule has 0 saturated heterocycles. The summed E-state index contributed by atoms with van der Waals surface area (Å²) in [6, 6.07) is 5.99. The van der Waals surface area contributed by atoms with E-state index < -0.39 is 0 Å². The third-order valence-corrected chi connectivity index (χ3v) is 4.69. The fourth-order valence-electron chi connectivity index (χ4n) is 3.35. The molecule has 3 heteroatoms. The molecule has 3 rings (SSSR count). The van der Waals surface area contributed by atoms with Crippen molar-refractivity contribution >= 4 is 5.52 Å². The van der Waals surface area contributed by atoms with E-state index in [-0.39, 0.29) is 6.10 Å². The first-order valence-corrected chi connectivity index (χ1v) is 7.40. The Labute approximate surface area is 114 Å². The third-order valence-electron chi connectivity index (χ3n) is 4.69. The minimum Gasteiger partial charge on any atom is -0.388 e. The molecule has 0 amide bonds. The third kappa shape index (κ3) is 2.39. The van der Waals surface area contributed by atoms with Crippen LogP contribution in [0.15, 0.2) is 30.6 Å². The van der Waals surface area contributed by atoms with Crippen molar-refractivity contribution in [2.45, 2.75) is 45.1 Å². The van der Waals surface area contributed by atoms with Gasteiger partial charge in [0.2, 0.25) is 0 Å². The van der Waals surface area contributed by atoms with E-state index in [2.05, 4.69) is 12.0 Å². The number of aliphatic hydroxyl groups excluding tert-OH is 1. The fourth-order valence-corrected chi connectivity index (χ4v) is 3.35. The first-order valence-electron chi connectivity index (χ1n) is 7.40. The van der Waals surface area contributed by atoms with Crippen molar-refractivity contribution in [3.05, 3.63) is 36.2 Å². The van der Waals surface area contributed by atoms with Crippen molar-refractivity contribution in [3.8, 4) is 0 Å². The van der Waals surface area contributed by atoms with Crippen LogP contribution in [0, 0.1) is 11.8 Å². The van der Waals surface area contributed by atoms with Crippen molar-refractivity contribution < 1.29 is 5.11 Å². The molecule has 102 valence electrons. The van der Waals surface area contributed by atoms with Gasteiger partial charge in [0, 0.05) is 11.8 Å². The van der Waals surface area contributed by atoms with Crippen LogP contribution in [-0.2, 0) is 0 Å². The fraction of sp³-hybridized carbons (Fsp3) is 0.562. The van der Waals surface area contributed by atoms with Crippen molar-refractivity contribution in [2.75, 3.05) is 0 Å². The topological polar surface area (TPSA) is 37.5 Å². The molecule has 0 aliphatic heterocycles. The summed E-state index contributed by atoms with van der Waals surface area (Å²) in [7, 11) is 0. The van der Waals surface area contributed by atoms with Crippen LogP contribution in [0.4, 0.5) is 0 Å². The predicted molar refractivity (Wildman–Crippen MR) is 75.9 cm³/mol. The molecule has 19 heavy (non-hydrogen) atoms. The lowest BCUT2D eigenvalue weighted by Gasteiger charge is -2.30. The summed E-state index contributed by atoms with van der Waals surface area (Å²) in [5, 5.41) is 15.0. The highest BCUT2D eigenvalue weighted by Crippen LogP contribution is 2.38. The summed E-state index contributed by atoms with van der Waals surface area (Å²) < 4.78 is 1.84. The lowest BCUT2D eigenvalue weighted by Crippen LogP contribution is -2.20. The zero-order valence-electron chi connectivity index (χ0n) is 11.5. The second-order valence-electron chi connectivity index (χ2n) is 5.76. The molecule has 1 N–H and O–H groups in total. The lowest BCUT2D eigenvalue weighted by atomic mass is 9.77. The van der Waals surface area contributed by atoms with Gasteiger partial charge in [0.15, 0.2) is 0 Å². The van der Waals surface area contributed by atoms with Crippen LogP contribution in [0.25, 0.3) is 5.52 Å². The van der Waals surface area contributed by atoms with Gasteiger partial charge in [0.05, 0.1) is 17.8 Å². The first kappa shape index (κ1) is 12.7. The number of fused-ring (bicyclic) bond motifs is 1. The monoisotopic (exact) mass is 258 g/mol. The Balaban J connectivity index is 1.79. The zero-order chi connectivity index (χ0) is 13.2. The van der Waals surface area contributed by atoms with E-state index in [0.717, 1.165) is 29.8 Å². The van der Waals surface area contributed by atoms with Gasteiger partial charge in [-0.3, -0.25) is 0 Å². The highest BCUT2D eigenvalue weighted by Gasteiger charge is 2.28. The molecule has 1 aliphatic carbocycles. The molecule has 1 unspecified atom stereocenters. The van der Waals surface area contributed by atoms with Crippen LogP contribution in [0.3, 0.4) is 0 Å². The van der Waals surface area contributed by atoms with Gasteiger partial charge in [-0.05, 0) is 36.8 Å². The van der Waals surface area contributed by atoms with Crippen LogP contribution in [0.2, 0.25) is 0 Å². The van der Waals surface area contributed by atoms with E-state index in [1.165, 1.54) is 19.3 Å². The summed E-state index contributed by atoms with van der Waals surface area (Å²) in [6.07, 6.45) is 9.48. The van der Waals surface area contributed by atoms with E-state index in [1.54, 1.807) is 0 Å². The van der Waals surface area contributed by atoms with E-state index in [0.29, 0.717) is 5.92 Å². The van der Waals surface area contributed by atoms with Crippen LogP contribution >= 0.6 is 0 Å². The van der Waals surface area contributed by atoms with Gasteiger partial charge in [-0.15, -0.1) is 0 Å². The van der Waals surface area contributed by atoms with Crippen molar-refractivity contribution in [3.63, 3.8) is 0 Å². The largest absolute Gasteiger partial charge is 0.388 e. The molecule has 1 fully saturated rings. The number of hydrogen-bond donors (Lipinski definition) is 1. The molecule has 2 aromatic rings. The lowest BCUT2D eigenvalue weighted by molar-refractivity contribution is 0.0740. The normalized spacial score (nSPS) is 25.6. The molecular weight excluding hydrogens is 236 g/mol. The second kappa shape index (κ2) is 5.33. The SMILES string of the molecule is CCC1CCC(C(O)c2cnn3ccccc23)CC1. The molecular formula is C16H22N2O. The molecule has 0 radical (unpaired) electrons. The molecule has 0 aromatic carbocycles. The average Bonchev–Trinajstić information content (AvgIpc) is 2.90. The Morgan fingerprint density at radius 3 is 2.84 bits per heavy atom. The molecule has 2 heterocycles. The Morgan fingerprint density at radius 2 is 2.11 bits per heavy atom.